The van der Waals surface area contributed by atoms with Gasteiger partial charge in [-0.25, -0.2) is 0 Å². The van der Waals surface area contributed by atoms with Crippen LogP contribution in [0.3, 0.4) is 0 Å². The molecule has 1 N–H and O–H groups in total. The van der Waals surface area contributed by atoms with Crippen molar-refractivity contribution in [2.45, 2.75) is 6.18 Å². The molecule has 0 saturated carbocycles. The van der Waals surface area contributed by atoms with Gasteiger partial charge in [-0.2, -0.15) is 13.2 Å². The Morgan fingerprint density at radius 2 is 2.00 bits per heavy atom. The first-order valence-corrected chi connectivity index (χ1v) is 6.97. The lowest BCUT2D eigenvalue weighted by Crippen LogP contribution is -2.04. The molecule has 0 aliphatic heterocycles. The smallest absolute Gasteiger partial charge is 0.416 e. The molecule has 0 aliphatic rings. The molecule has 1 unspecified atom stereocenters. The normalized spacial score (nSPS) is 15.8. The van der Waals surface area contributed by atoms with Gasteiger partial charge in [0.05, 0.1) is 5.56 Å². The van der Waals surface area contributed by atoms with Crippen LogP contribution in [0.15, 0.2) is 24.3 Å². The average molecular weight is 256 g/mol. The Hall–Kier alpha value is -0.580. The Morgan fingerprint density at radius 1 is 1.40 bits per heavy atom. The molecule has 1 rings (SSSR count). The van der Waals surface area contributed by atoms with E-state index in [1.54, 1.807) is 0 Å². The van der Waals surface area contributed by atoms with Gasteiger partial charge in [0, 0.05) is 6.66 Å². The minimum absolute atomic E-state index is 0.0711. The zero-order valence-corrected chi connectivity index (χ0v) is 9.37. The summed E-state index contributed by atoms with van der Waals surface area (Å²) in [6.45, 7) is -1.73. The van der Waals surface area contributed by atoms with Crippen LogP contribution in [0.5, 0.6) is 5.75 Å². The first kappa shape index (κ1) is 12.5. The topological polar surface area (TPSA) is 29.5 Å². The lowest BCUT2D eigenvalue weighted by molar-refractivity contribution is -0.137. The van der Waals surface area contributed by atoms with Gasteiger partial charge >= 0.3 is 6.18 Å². The fraction of sp³-hybridized carbons (Fsp3) is 0.250. The maximum atomic E-state index is 12.3. The maximum Gasteiger partial charge on any atom is 0.416 e. The van der Waals surface area contributed by atoms with Gasteiger partial charge in [0.25, 0.3) is 0 Å². The third kappa shape index (κ3) is 4.20. The van der Waals surface area contributed by atoms with Gasteiger partial charge in [-0.3, -0.25) is 0 Å². The first-order valence-electron chi connectivity index (χ1n) is 3.85. The molecule has 0 bridgehead atoms. The van der Waals surface area contributed by atoms with E-state index < -0.39 is 18.2 Å². The van der Waals surface area contributed by atoms with Crippen LogP contribution in [0.2, 0.25) is 0 Å². The lowest BCUT2D eigenvalue weighted by Gasteiger charge is -2.13. The van der Waals surface area contributed by atoms with Crippen LogP contribution >= 0.6 is 6.49 Å². The van der Waals surface area contributed by atoms with Crippen molar-refractivity contribution < 1.29 is 22.6 Å². The SMILES string of the molecule is CP(O)(=S)Oc1cccc(C(F)(F)F)c1. The van der Waals surface area contributed by atoms with E-state index in [-0.39, 0.29) is 5.75 Å². The van der Waals surface area contributed by atoms with Gasteiger partial charge in [0.15, 0.2) is 0 Å². The molecule has 0 heterocycles. The second-order valence-electron chi connectivity index (χ2n) is 2.92. The standard InChI is InChI=1S/C8H8F3O2PS/c1-14(12,15)13-7-4-2-3-6(5-7)8(9,10)11/h2-5H,1H3,(H,12,15). The van der Waals surface area contributed by atoms with Gasteiger partial charge in [0.1, 0.15) is 5.75 Å². The number of rotatable bonds is 2. The highest BCUT2D eigenvalue weighted by atomic mass is 32.5. The summed E-state index contributed by atoms with van der Waals surface area (Å²) >= 11 is 4.57. The summed E-state index contributed by atoms with van der Waals surface area (Å²) in [5, 5.41) is 0. The van der Waals surface area contributed by atoms with Gasteiger partial charge < -0.3 is 9.42 Å². The molecule has 0 amide bonds. The average Bonchev–Trinajstić information content (AvgIpc) is 1.99. The number of alkyl halides is 3. The van der Waals surface area contributed by atoms with Gasteiger partial charge in [0.2, 0.25) is 6.49 Å². The molecule has 0 saturated heterocycles. The maximum absolute atomic E-state index is 12.3. The summed E-state index contributed by atoms with van der Waals surface area (Å²) in [5.74, 6) is -0.0711. The van der Waals surface area contributed by atoms with Crippen molar-refractivity contribution in [2.75, 3.05) is 6.66 Å². The Labute approximate surface area is 89.9 Å². The highest BCUT2D eigenvalue weighted by molar-refractivity contribution is 8.09. The van der Waals surface area contributed by atoms with E-state index in [0.717, 1.165) is 12.1 Å². The summed E-state index contributed by atoms with van der Waals surface area (Å²) in [7, 11) is 0. The highest BCUT2D eigenvalue weighted by Gasteiger charge is 2.30. The molecular weight excluding hydrogens is 248 g/mol. The molecule has 7 heteroatoms. The van der Waals surface area contributed by atoms with E-state index in [4.69, 9.17) is 4.52 Å². The van der Waals surface area contributed by atoms with Crippen molar-refractivity contribution in [1.29, 1.82) is 0 Å². The second-order valence-corrected chi connectivity index (χ2v) is 6.74. The molecule has 0 aliphatic carbocycles. The minimum atomic E-state index is -4.43. The number of halogens is 3. The summed E-state index contributed by atoms with van der Waals surface area (Å²) < 4.78 is 41.6. The van der Waals surface area contributed by atoms with Crippen molar-refractivity contribution >= 4 is 18.3 Å². The van der Waals surface area contributed by atoms with E-state index in [9.17, 15) is 18.1 Å². The molecule has 0 radical (unpaired) electrons. The molecular formula is C8H8F3O2PS. The van der Waals surface area contributed by atoms with Crippen LogP contribution in [0.25, 0.3) is 0 Å². The van der Waals surface area contributed by atoms with E-state index in [2.05, 4.69) is 11.8 Å². The second kappa shape index (κ2) is 4.12. The van der Waals surface area contributed by atoms with Crippen LogP contribution in [-0.4, -0.2) is 11.6 Å². The largest absolute Gasteiger partial charge is 0.444 e. The van der Waals surface area contributed by atoms with Crippen LogP contribution in [0.1, 0.15) is 5.56 Å². The van der Waals surface area contributed by atoms with Crippen molar-refractivity contribution in [2.24, 2.45) is 0 Å². The first-order chi connectivity index (χ1) is 6.68. The molecule has 0 spiro atoms. The Kier molecular flexibility index (Phi) is 3.43. The van der Waals surface area contributed by atoms with Gasteiger partial charge in [-0.05, 0) is 30.0 Å². The van der Waals surface area contributed by atoms with E-state index in [0.29, 0.717) is 0 Å². The minimum Gasteiger partial charge on any atom is -0.444 e. The van der Waals surface area contributed by atoms with Crippen molar-refractivity contribution in [3.05, 3.63) is 29.8 Å². The Bertz CT molecular complexity index is 399. The predicted molar refractivity (Wildman–Crippen MR) is 54.5 cm³/mol. The third-order valence-electron chi connectivity index (χ3n) is 1.44. The molecule has 15 heavy (non-hydrogen) atoms. The summed E-state index contributed by atoms with van der Waals surface area (Å²) in [6, 6.07) is 4.24. The number of hydrogen-bond donors (Lipinski definition) is 1. The molecule has 84 valence electrons. The zero-order chi connectivity index (χ0) is 11.7. The Morgan fingerprint density at radius 3 is 2.47 bits per heavy atom. The van der Waals surface area contributed by atoms with E-state index in [1.807, 2.05) is 0 Å². The van der Waals surface area contributed by atoms with Crippen molar-refractivity contribution in [3.8, 4) is 5.75 Å². The van der Waals surface area contributed by atoms with Gasteiger partial charge in [-0.1, -0.05) is 6.07 Å². The summed E-state index contributed by atoms with van der Waals surface area (Å²) in [4.78, 5) is 9.19. The van der Waals surface area contributed by atoms with Crippen LogP contribution in [0.4, 0.5) is 13.2 Å². The quantitative estimate of drug-likeness (QED) is 0.825. The van der Waals surface area contributed by atoms with Crippen molar-refractivity contribution in [3.63, 3.8) is 0 Å². The Balaban J connectivity index is 2.99. The number of benzene rings is 1. The molecule has 0 fully saturated rings. The van der Waals surface area contributed by atoms with Crippen LogP contribution < -0.4 is 4.52 Å². The fourth-order valence-corrected chi connectivity index (χ4v) is 1.69. The van der Waals surface area contributed by atoms with Crippen LogP contribution in [0, 0.1) is 0 Å². The fourth-order valence-electron chi connectivity index (χ4n) is 0.925. The zero-order valence-electron chi connectivity index (χ0n) is 7.65. The molecule has 1 atom stereocenters. The third-order valence-corrected chi connectivity index (χ3v) is 2.21. The summed E-state index contributed by atoms with van der Waals surface area (Å²) in [6.07, 6.45) is -4.43. The van der Waals surface area contributed by atoms with Gasteiger partial charge in [-0.15, -0.1) is 0 Å². The van der Waals surface area contributed by atoms with Crippen molar-refractivity contribution in [1.82, 2.24) is 0 Å². The van der Waals surface area contributed by atoms with Crippen LogP contribution in [-0.2, 0) is 18.0 Å². The molecule has 2 nitrogen and oxygen atoms in total. The molecule has 1 aromatic rings. The van der Waals surface area contributed by atoms with E-state index in [1.165, 1.54) is 18.8 Å². The molecule has 0 aromatic heterocycles. The lowest BCUT2D eigenvalue weighted by atomic mass is 10.2. The molecule has 1 aromatic carbocycles. The highest BCUT2D eigenvalue weighted by Crippen LogP contribution is 2.40. The predicted octanol–water partition coefficient (Wildman–Crippen LogP) is 3.02. The monoisotopic (exact) mass is 256 g/mol. The number of hydrogen-bond acceptors (Lipinski definition) is 2. The van der Waals surface area contributed by atoms with E-state index >= 15 is 0 Å². The summed E-state index contributed by atoms with van der Waals surface area (Å²) in [5.41, 5.74) is -0.830.